The maximum Gasteiger partial charge on any atom is 0.234 e. The van der Waals surface area contributed by atoms with E-state index in [-0.39, 0.29) is 5.91 Å². The van der Waals surface area contributed by atoms with Crippen LogP contribution in [0.1, 0.15) is 5.56 Å². The third-order valence-electron chi connectivity index (χ3n) is 2.19. The molecule has 1 N–H and O–H groups in total. The number of aliphatic imine (C=N–C) groups is 1. The molecule has 0 bridgehead atoms. The lowest BCUT2D eigenvalue weighted by Gasteiger charge is -2.05. The second-order valence-electron chi connectivity index (χ2n) is 3.70. The summed E-state index contributed by atoms with van der Waals surface area (Å²) in [6.07, 6.45) is 0. The zero-order chi connectivity index (χ0) is 12.1. The molecular weight excluding hydrogens is 252 g/mol. The first-order valence-electron chi connectivity index (χ1n) is 5.40. The SMILES string of the molecule is Cc1cccc(NC(=O)CSC2=NCCS2)c1. The zero-order valence-electron chi connectivity index (χ0n) is 9.60. The van der Waals surface area contributed by atoms with Crippen molar-refractivity contribution in [2.75, 3.05) is 23.4 Å². The van der Waals surface area contributed by atoms with E-state index in [0.29, 0.717) is 5.75 Å². The molecule has 1 heterocycles. The standard InChI is InChI=1S/C12H14N2OS2/c1-9-3-2-4-10(7-9)14-11(15)8-17-12-13-5-6-16-12/h2-4,7H,5-6,8H2,1H3,(H,14,15). The van der Waals surface area contributed by atoms with Gasteiger partial charge in [-0.05, 0) is 24.6 Å². The summed E-state index contributed by atoms with van der Waals surface area (Å²) in [7, 11) is 0. The Bertz CT molecular complexity index is 446. The number of carbonyl (C=O) groups excluding carboxylic acids is 1. The van der Waals surface area contributed by atoms with E-state index in [4.69, 9.17) is 0 Å². The molecule has 0 saturated heterocycles. The van der Waals surface area contributed by atoms with Gasteiger partial charge in [0.15, 0.2) is 0 Å². The molecule has 90 valence electrons. The third-order valence-corrected chi connectivity index (χ3v) is 4.44. The van der Waals surface area contributed by atoms with Gasteiger partial charge < -0.3 is 5.32 Å². The van der Waals surface area contributed by atoms with Crippen LogP contribution in [-0.4, -0.2) is 28.3 Å². The van der Waals surface area contributed by atoms with Gasteiger partial charge in [0, 0.05) is 11.4 Å². The number of nitrogens with one attached hydrogen (secondary N) is 1. The Balaban J connectivity index is 1.80. The van der Waals surface area contributed by atoms with Crippen LogP contribution in [0.4, 0.5) is 5.69 Å². The molecule has 5 heteroatoms. The molecule has 0 unspecified atom stereocenters. The molecule has 0 saturated carbocycles. The fourth-order valence-electron chi connectivity index (χ4n) is 1.45. The topological polar surface area (TPSA) is 41.5 Å². The van der Waals surface area contributed by atoms with Crippen LogP contribution in [0.3, 0.4) is 0 Å². The molecule has 0 aliphatic carbocycles. The number of benzene rings is 1. The number of hydrogen-bond acceptors (Lipinski definition) is 4. The van der Waals surface area contributed by atoms with Crippen molar-refractivity contribution >= 4 is 39.5 Å². The van der Waals surface area contributed by atoms with Gasteiger partial charge in [-0.15, -0.1) is 0 Å². The maximum absolute atomic E-state index is 11.7. The first-order chi connectivity index (χ1) is 8.24. The highest BCUT2D eigenvalue weighted by Gasteiger charge is 2.10. The van der Waals surface area contributed by atoms with Crippen molar-refractivity contribution in [2.45, 2.75) is 6.92 Å². The van der Waals surface area contributed by atoms with Gasteiger partial charge in [-0.2, -0.15) is 0 Å². The summed E-state index contributed by atoms with van der Waals surface area (Å²) >= 11 is 3.24. The molecule has 0 fully saturated rings. The van der Waals surface area contributed by atoms with Gasteiger partial charge in [0.2, 0.25) is 5.91 Å². The van der Waals surface area contributed by atoms with Crippen molar-refractivity contribution in [3.8, 4) is 0 Å². The van der Waals surface area contributed by atoms with Crippen molar-refractivity contribution in [2.24, 2.45) is 4.99 Å². The minimum absolute atomic E-state index is 0.0239. The molecular formula is C12H14N2OS2. The number of carbonyl (C=O) groups is 1. The lowest BCUT2D eigenvalue weighted by Crippen LogP contribution is -2.14. The number of aryl methyl sites for hydroxylation is 1. The summed E-state index contributed by atoms with van der Waals surface area (Å²) < 4.78 is 1.03. The lowest BCUT2D eigenvalue weighted by atomic mass is 10.2. The Morgan fingerprint density at radius 3 is 3.18 bits per heavy atom. The summed E-state index contributed by atoms with van der Waals surface area (Å²) in [4.78, 5) is 16.0. The van der Waals surface area contributed by atoms with Gasteiger partial charge in [-0.3, -0.25) is 9.79 Å². The van der Waals surface area contributed by atoms with Crippen LogP contribution in [0, 0.1) is 6.92 Å². The Hall–Kier alpha value is -0.940. The van der Waals surface area contributed by atoms with Crippen molar-refractivity contribution in [1.82, 2.24) is 0 Å². The van der Waals surface area contributed by atoms with Gasteiger partial charge in [0.25, 0.3) is 0 Å². The summed E-state index contributed by atoms with van der Waals surface area (Å²) in [6, 6.07) is 7.81. The Kier molecular flexibility index (Phi) is 4.50. The van der Waals surface area contributed by atoms with Crippen molar-refractivity contribution in [3.05, 3.63) is 29.8 Å². The first-order valence-corrected chi connectivity index (χ1v) is 7.38. The highest BCUT2D eigenvalue weighted by Crippen LogP contribution is 2.22. The highest BCUT2D eigenvalue weighted by molar-refractivity contribution is 8.39. The number of amides is 1. The lowest BCUT2D eigenvalue weighted by molar-refractivity contribution is -0.113. The molecule has 0 spiro atoms. The third kappa shape index (κ3) is 4.09. The average Bonchev–Trinajstić information content (AvgIpc) is 2.79. The fourth-order valence-corrected chi connectivity index (χ4v) is 3.26. The van der Waals surface area contributed by atoms with Crippen LogP contribution in [0.15, 0.2) is 29.3 Å². The minimum atomic E-state index is 0.0239. The van der Waals surface area contributed by atoms with E-state index in [0.717, 1.165) is 27.9 Å². The molecule has 1 aromatic carbocycles. The van der Waals surface area contributed by atoms with E-state index in [2.05, 4.69) is 10.3 Å². The number of thioether (sulfide) groups is 2. The maximum atomic E-state index is 11.7. The van der Waals surface area contributed by atoms with Crippen LogP contribution < -0.4 is 5.32 Å². The summed E-state index contributed by atoms with van der Waals surface area (Å²) in [5.41, 5.74) is 2.00. The van der Waals surface area contributed by atoms with Crippen molar-refractivity contribution < 1.29 is 4.79 Å². The average molecular weight is 266 g/mol. The van der Waals surface area contributed by atoms with Gasteiger partial charge >= 0.3 is 0 Å². The van der Waals surface area contributed by atoms with E-state index in [1.807, 2.05) is 31.2 Å². The molecule has 1 aliphatic rings. The molecule has 1 amide bonds. The summed E-state index contributed by atoms with van der Waals surface area (Å²) in [6.45, 7) is 2.89. The van der Waals surface area contributed by atoms with Crippen LogP contribution in [0.5, 0.6) is 0 Å². The normalized spacial score (nSPS) is 14.5. The van der Waals surface area contributed by atoms with Gasteiger partial charge in [0.05, 0.1) is 12.3 Å². The highest BCUT2D eigenvalue weighted by atomic mass is 32.2. The molecule has 17 heavy (non-hydrogen) atoms. The number of hydrogen-bond donors (Lipinski definition) is 1. The van der Waals surface area contributed by atoms with Gasteiger partial charge in [-0.25, -0.2) is 0 Å². The molecule has 0 aromatic heterocycles. The summed E-state index contributed by atoms with van der Waals surface area (Å²) in [5.74, 6) is 1.50. The number of nitrogens with zero attached hydrogens (tertiary/aromatic N) is 1. The van der Waals surface area contributed by atoms with E-state index in [1.54, 1.807) is 11.8 Å². The molecule has 0 atom stereocenters. The van der Waals surface area contributed by atoms with Gasteiger partial charge in [-0.1, -0.05) is 35.7 Å². The monoisotopic (exact) mass is 266 g/mol. The Labute approximate surface area is 109 Å². The van der Waals surface area contributed by atoms with E-state index < -0.39 is 0 Å². The fraction of sp³-hybridized carbons (Fsp3) is 0.333. The molecule has 1 aromatic rings. The minimum Gasteiger partial charge on any atom is -0.325 e. The van der Waals surface area contributed by atoms with Gasteiger partial charge in [0.1, 0.15) is 4.38 Å². The largest absolute Gasteiger partial charge is 0.325 e. The summed E-state index contributed by atoms with van der Waals surface area (Å²) in [5, 5.41) is 2.88. The van der Waals surface area contributed by atoms with Crippen LogP contribution in [0.2, 0.25) is 0 Å². The smallest absolute Gasteiger partial charge is 0.234 e. The number of anilines is 1. The van der Waals surface area contributed by atoms with Crippen molar-refractivity contribution in [1.29, 1.82) is 0 Å². The second kappa shape index (κ2) is 6.12. The molecule has 3 nitrogen and oxygen atoms in total. The van der Waals surface area contributed by atoms with Crippen LogP contribution in [-0.2, 0) is 4.79 Å². The van der Waals surface area contributed by atoms with E-state index >= 15 is 0 Å². The van der Waals surface area contributed by atoms with E-state index in [1.165, 1.54) is 11.8 Å². The van der Waals surface area contributed by atoms with Crippen molar-refractivity contribution in [3.63, 3.8) is 0 Å². The first kappa shape index (κ1) is 12.5. The number of rotatable bonds is 3. The molecule has 0 radical (unpaired) electrons. The molecule has 1 aliphatic heterocycles. The zero-order valence-corrected chi connectivity index (χ0v) is 11.2. The Morgan fingerprint density at radius 1 is 1.59 bits per heavy atom. The quantitative estimate of drug-likeness (QED) is 0.914. The predicted molar refractivity (Wildman–Crippen MR) is 77.0 cm³/mol. The molecule has 2 rings (SSSR count). The van der Waals surface area contributed by atoms with Crippen LogP contribution >= 0.6 is 23.5 Å². The second-order valence-corrected chi connectivity index (χ2v) is 6.01. The van der Waals surface area contributed by atoms with Crippen LogP contribution in [0.25, 0.3) is 0 Å². The van der Waals surface area contributed by atoms with E-state index in [9.17, 15) is 4.79 Å². The Morgan fingerprint density at radius 2 is 2.47 bits per heavy atom. The predicted octanol–water partition coefficient (Wildman–Crippen LogP) is 2.77.